The van der Waals surface area contributed by atoms with Gasteiger partial charge in [0.05, 0.1) is 17.1 Å². The van der Waals surface area contributed by atoms with E-state index >= 15 is 0 Å². The second kappa shape index (κ2) is 6.20. The van der Waals surface area contributed by atoms with Crippen molar-refractivity contribution in [1.82, 2.24) is 9.80 Å². The molecule has 3 heterocycles. The molecule has 0 saturated carbocycles. The van der Waals surface area contributed by atoms with E-state index in [2.05, 4.69) is 0 Å². The molecule has 0 bridgehead atoms. The molecule has 2 saturated heterocycles. The first-order valence-corrected chi connectivity index (χ1v) is 8.68. The molecule has 0 aliphatic carbocycles. The number of ether oxygens (including phenoxy) is 1. The van der Waals surface area contributed by atoms with E-state index in [0.717, 1.165) is 30.8 Å². The lowest BCUT2D eigenvalue weighted by atomic mass is 9.92. The van der Waals surface area contributed by atoms with Crippen molar-refractivity contribution in [3.05, 3.63) is 23.7 Å². The number of likely N-dealkylation sites (tertiary alicyclic amines) is 1. The van der Waals surface area contributed by atoms with Gasteiger partial charge in [-0.1, -0.05) is 0 Å². The lowest BCUT2D eigenvalue weighted by molar-refractivity contribution is -0.135. The second-order valence-corrected chi connectivity index (χ2v) is 8.00. The van der Waals surface area contributed by atoms with Gasteiger partial charge < -0.3 is 19.0 Å². The molecule has 1 unspecified atom stereocenters. The van der Waals surface area contributed by atoms with Gasteiger partial charge in [-0.3, -0.25) is 9.59 Å². The van der Waals surface area contributed by atoms with Gasteiger partial charge in [-0.25, -0.2) is 0 Å². The van der Waals surface area contributed by atoms with Crippen molar-refractivity contribution < 1.29 is 18.7 Å². The highest BCUT2D eigenvalue weighted by Gasteiger charge is 2.51. The van der Waals surface area contributed by atoms with Crippen LogP contribution >= 0.6 is 11.8 Å². The molecule has 1 spiro atoms. The standard InChI is InChI=1S/C16H22N2O4S/c1-11-4-5-21-14(11)15(20)18-9-16(10-18)6-12(8-23-16)22-7-13(19)17(2)3/h4-5,12H,6-10H2,1-3H3. The van der Waals surface area contributed by atoms with Crippen LogP contribution in [0.15, 0.2) is 16.7 Å². The van der Waals surface area contributed by atoms with Crippen LogP contribution in [0.1, 0.15) is 22.5 Å². The van der Waals surface area contributed by atoms with Gasteiger partial charge in [0.25, 0.3) is 5.91 Å². The number of aryl methyl sites for hydroxylation is 1. The smallest absolute Gasteiger partial charge is 0.289 e. The summed E-state index contributed by atoms with van der Waals surface area (Å²) in [6.45, 7) is 3.45. The van der Waals surface area contributed by atoms with E-state index in [1.807, 2.05) is 23.6 Å². The third-order valence-electron chi connectivity index (χ3n) is 4.42. The zero-order chi connectivity index (χ0) is 16.6. The number of likely N-dealkylation sites (N-methyl/N-ethyl adjacent to an activating group) is 1. The largest absolute Gasteiger partial charge is 0.459 e. The van der Waals surface area contributed by atoms with E-state index in [1.54, 1.807) is 26.4 Å². The molecule has 0 aromatic carbocycles. The molecule has 23 heavy (non-hydrogen) atoms. The number of carbonyl (C=O) groups excluding carboxylic acids is 2. The summed E-state index contributed by atoms with van der Waals surface area (Å²) in [7, 11) is 3.45. The Morgan fingerprint density at radius 2 is 2.22 bits per heavy atom. The van der Waals surface area contributed by atoms with Crippen LogP contribution in [0.3, 0.4) is 0 Å². The van der Waals surface area contributed by atoms with Gasteiger partial charge in [0.2, 0.25) is 5.91 Å². The van der Waals surface area contributed by atoms with E-state index in [1.165, 1.54) is 4.90 Å². The molecule has 2 amide bonds. The molecule has 2 aliphatic heterocycles. The Morgan fingerprint density at radius 1 is 1.48 bits per heavy atom. The average molecular weight is 338 g/mol. The summed E-state index contributed by atoms with van der Waals surface area (Å²) in [6.07, 6.45) is 2.53. The van der Waals surface area contributed by atoms with Gasteiger partial charge in [-0.2, -0.15) is 0 Å². The second-order valence-electron chi connectivity index (χ2n) is 6.51. The van der Waals surface area contributed by atoms with Crippen molar-refractivity contribution in [3.8, 4) is 0 Å². The Labute approximate surface area is 140 Å². The SMILES string of the molecule is Cc1ccoc1C(=O)N1CC2(CC(OCC(=O)N(C)C)CS2)C1. The van der Waals surface area contributed by atoms with E-state index < -0.39 is 0 Å². The van der Waals surface area contributed by atoms with Crippen LogP contribution in [-0.4, -0.2) is 72.0 Å². The Morgan fingerprint density at radius 3 is 2.83 bits per heavy atom. The summed E-state index contributed by atoms with van der Waals surface area (Å²) in [5.41, 5.74) is 0.874. The summed E-state index contributed by atoms with van der Waals surface area (Å²) in [5.74, 6) is 1.26. The number of carbonyl (C=O) groups is 2. The lowest BCUT2D eigenvalue weighted by Crippen LogP contribution is -2.60. The summed E-state index contributed by atoms with van der Waals surface area (Å²) >= 11 is 1.85. The quantitative estimate of drug-likeness (QED) is 0.830. The van der Waals surface area contributed by atoms with Crippen molar-refractivity contribution in [2.24, 2.45) is 0 Å². The zero-order valence-corrected chi connectivity index (χ0v) is 14.5. The van der Waals surface area contributed by atoms with Crippen molar-refractivity contribution in [3.63, 3.8) is 0 Å². The molecular formula is C16H22N2O4S. The molecule has 3 rings (SSSR count). The van der Waals surface area contributed by atoms with Crippen LogP contribution in [0.25, 0.3) is 0 Å². The summed E-state index contributed by atoms with van der Waals surface area (Å²) in [6, 6.07) is 1.80. The molecule has 126 valence electrons. The van der Waals surface area contributed by atoms with E-state index in [9.17, 15) is 9.59 Å². The molecule has 0 N–H and O–H groups in total. The van der Waals surface area contributed by atoms with E-state index in [0.29, 0.717) is 5.76 Å². The van der Waals surface area contributed by atoms with Crippen LogP contribution in [0, 0.1) is 6.92 Å². The van der Waals surface area contributed by atoms with Crippen molar-refractivity contribution in [2.45, 2.75) is 24.2 Å². The van der Waals surface area contributed by atoms with Crippen LogP contribution < -0.4 is 0 Å². The fraction of sp³-hybridized carbons (Fsp3) is 0.625. The molecule has 7 heteroatoms. The fourth-order valence-electron chi connectivity index (χ4n) is 2.98. The number of thioether (sulfide) groups is 1. The number of hydrogen-bond acceptors (Lipinski definition) is 5. The van der Waals surface area contributed by atoms with Gasteiger partial charge in [-0.05, 0) is 19.4 Å². The van der Waals surface area contributed by atoms with E-state index in [4.69, 9.17) is 9.15 Å². The third kappa shape index (κ3) is 3.26. The average Bonchev–Trinajstić information content (AvgIpc) is 3.08. The molecule has 6 nitrogen and oxygen atoms in total. The first-order chi connectivity index (χ1) is 10.9. The molecule has 2 aliphatic rings. The van der Waals surface area contributed by atoms with Crippen molar-refractivity contribution in [1.29, 1.82) is 0 Å². The van der Waals surface area contributed by atoms with Gasteiger partial charge in [0.15, 0.2) is 5.76 Å². The van der Waals surface area contributed by atoms with Gasteiger partial charge in [-0.15, -0.1) is 11.8 Å². The van der Waals surface area contributed by atoms with E-state index in [-0.39, 0.29) is 29.3 Å². The normalized spacial score (nSPS) is 22.2. The van der Waals surface area contributed by atoms with Crippen LogP contribution in [0.5, 0.6) is 0 Å². The lowest BCUT2D eigenvalue weighted by Gasteiger charge is -2.47. The Hall–Kier alpha value is -1.47. The monoisotopic (exact) mass is 338 g/mol. The highest BCUT2D eigenvalue weighted by atomic mass is 32.2. The minimum absolute atomic E-state index is 0.0188. The van der Waals surface area contributed by atoms with Crippen LogP contribution in [0.4, 0.5) is 0 Å². The maximum atomic E-state index is 12.4. The highest BCUT2D eigenvalue weighted by Crippen LogP contribution is 2.46. The summed E-state index contributed by atoms with van der Waals surface area (Å²) < 4.78 is 11.1. The van der Waals surface area contributed by atoms with Crippen LogP contribution in [-0.2, 0) is 9.53 Å². The van der Waals surface area contributed by atoms with Crippen molar-refractivity contribution >= 4 is 23.6 Å². The number of rotatable bonds is 4. The van der Waals surface area contributed by atoms with Crippen LogP contribution in [0.2, 0.25) is 0 Å². The first kappa shape index (κ1) is 16.4. The molecule has 2 fully saturated rings. The molecular weight excluding hydrogens is 316 g/mol. The Kier molecular flexibility index (Phi) is 4.42. The molecule has 0 radical (unpaired) electrons. The first-order valence-electron chi connectivity index (χ1n) is 7.69. The summed E-state index contributed by atoms with van der Waals surface area (Å²) in [5, 5.41) is 0. The maximum Gasteiger partial charge on any atom is 0.289 e. The summed E-state index contributed by atoms with van der Waals surface area (Å²) in [4.78, 5) is 27.3. The van der Waals surface area contributed by atoms with Gasteiger partial charge >= 0.3 is 0 Å². The number of nitrogens with zero attached hydrogens (tertiary/aromatic N) is 2. The molecule has 1 aromatic rings. The number of furan rings is 1. The maximum absolute atomic E-state index is 12.4. The number of amides is 2. The predicted molar refractivity (Wildman–Crippen MR) is 87.6 cm³/mol. The predicted octanol–water partition coefficient (Wildman–Crippen LogP) is 1.39. The van der Waals surface area contributed by atoms with Crippen molar-refractivity contribution in [2.75, 3.05) is 39.5 Å². The fourth-order valence-corrected chi connectivity index (χ4v) is 4.53. The Balaban J connectivity index is 1.48. The third-order valence-corrected chi connectivity index (χ3v) is 5.99. The zero-order valence-electron chi connectivity index (χ0n) is 13.7. The highest BCUT2D eigenvalue weighted by molar-refractivity contribution is 8.01. The minimum atomic E-state index is -0.0362. The molecule has 1 atom stereocenters. The number of hydrogen-bond donors (Lipinski definition) is 0. The topological polar surface area (TPSA) is 63.0 Å². The molecule has 1 aromatic heterocycles. The minimum Gasteiger partial charge on any atom is -0.459 e. The van der Waals surface area contributed by atoms with Gasteiger partial charge in [0, 0.05) is 38.5 Å². The van der Waals surface area contributed by atoms with Gasteiger partial charge in [0.1, 0.15) is 6.61 Å². The Bertz CT molecular complexity index is 607.